The zero-order chi connectivity index (χ0) is 12.0. The molecule has 0 amide bonds. The first-order chi connectivity index (χ1) is 7.67. The predicted molar refractivity (Wildman–Crippen MR) is 72.6 cm³/mol. The van der Waals surface area contributed by atoms with Crippen LogP contribution in [0.5, 0.6) is 5.88 Å². The molecular formula is C12H22ClN3O. The summed E-state index contributed by atoms with van der Waals surface area (Å²) in [5, 5.41) is 0. The number of pyridine rings is 1. The van der Waals surface area contributed by atoms with Crippen molar-refractivity contribution in [1.82, 2.24) is 9.88 Å². The molecule has 0 saturated heterocycles. The van der Waals surface area contributed by atoms with E-state index in [1.807, 2.05) is 32.2 Å². The van der Waals surface area contributed by atoms with Gasteiger partial charge in [0.05, 0.1) is 12.3 Å². The molecule has 0 aliphatic heterocycles. The molecule has 0 aliphatic rings. The van der Waals surface area contributed by atoms with Crippen LogP contribution in [0.25, 0.3) is 0 Å². The summed E-state index contributed by atoms with van der Waals surface area (Å²) in [7, 11) is 2.05. The van der Waals surface area contributed by atoms with Gasteiger partial charge in [-0.05, 0) is 27.0 Å². The summed E-state index contributed by atoms with van der Waals surface area (Å²) < 4.78 is 5.36. The van der Waals surface area contributed by atoms with Gasteiger partial charge in [-0.25, -0.2) is 4.98 Å². The van der Waals surface area contributed by atoms with Crippen molar-refractivity contribution in [3.05, 3.63) is 23.9 Å². The monoisotopic (exact) mass is 259 g/mol. The van der Waals surface area contributed by atoms with E-state index in [1.54, 1.807) is 0 Å². The zero-order valence-electron chi connectivity index (χ0n) is 10.7. The van der Waals surface area contributed by atoms with Crippen LogP contribution in [0.2, 0.25) is 0 Å². The van der Waals surface area contributed by atoms with Gasteiger partial charge < -0.3 is 10.5 Å². The number of ether oxygens (including phenoxy) is 1. The molecule has 0 aromatic carbocycles. The van der Waals surface area contributed by atoms with E-state index in [-0.39, 0.29) is 12.4 Å². The van der Waals surface area contributed by atoms with Gasteiger partial charge in [0.1, 0.15) is 0 Å². The molecule has 1 rings (SSSR count). The quantitative estimate of drug-likeness (QED) is 0.845. The predicted octanol–water partition coefficient (Wildman–Crippen LogP) is 1.68. The molecule has 0 spiro atoms. The van der Waals surface area contributed by atoms with Gasteiger partial charge in [-0.3, -0.25) is 4.90 Å². The highest BCUT2D eigenvalue weighted by Gasteiger charge is 2.08. The number of nitrogens with zero attached hydrogens (tertiary/aromatic N) is 2. The summed E-state index contributed by atoms with van der Waals surface area (Å²) >= 11 is 0. The molecule has 17 heavy (non-hydrogen) atoms. The van der Waals surface area contributed by atoms with Crippen molar-refractivity contribution in [2.45, 2.75) is 26.4 Å². The molecular weight excluding hydrogens is 238 g/mol. The van der Waals surface area contributed by atoms with E-state index in [2.05, 4.69) is 16.8 Å². The molecule has 0 aliphatic carbocycles. The number of hydrogen-bond acceptors (Lipinski definition) is 4. The molecule has 0 saturated carbocycles. The fourth-order valence-electron chi connectivity index (χ4n) is 1.37. The Hall–Kier alpha value is -0.840. The average molecular weight is 260 g/mol. The Morgan fingerprint density at radius 3 is 2.76 bits per heavy atom. The van der Waals surface area contributed by atoms with E-state index >= 15 is 0 Å². The van der Waals surface area contributed by atoms with Crippen LogP contribution in [0.3, 0.4) is 0 Å². The Labute approximate surface area is 110 Å². The van der Waals surface area contributed by atoms with E-state index in [0.717, 1.165) is 12.2 Å². The van der Waals surface area contributed by atoms with E-state index < -0.39 is 0 Å². The third kappa shape index (κ3) is 5.35. The third-order valence-corrected chi connectivity index (χ3v) is 2.58. The van der Waals surface area contributed by atoms with Crippen molar-refractivity contribution in [3.63, 3.8) is 0 Å². The highest BCUT2D eigenvalue weighted by Crippen LogP contribution is 2.09. The van der Waals surface area contributed by atoms with Crippen LogP contribution in [0.15, 0.2) is 18.2 Å². The SMILES string of the molecule is CCOc1cccc(CN(C)C(C)CN)n1.Cl. The molecule has 2 N–H and O–H groups in total. The number of hydrogen-bond donors (Lipinski definition) is 1. The molecule has 0 fully saturated rings. The highest BCUT2D eigenvalue weighted by atomic mass is 35.5. The Bertz CT molecular complexity index is 322. The highest BCUT2D eigenvalue weighted by molar-refractivity contribution is 5.85. The van der Waals surface area contributed by atoms with Gasteiger partial charge in [-0.2, -0.15) is 0 Å². The van der Waals surface area contributed by atoms with Crippen LogP contribution in [-0.2, 0) is 6.54 Å². The van der Waals surface area contributed by atoms with Crippen LogP contribution in [0, 0.1) is 0 Å². The minimum Gasteiger partial charge on any atom is -0.478 e. The topological polar surface area (TPSA) is 51.4 Å². The number of likely N-dealkylation sites (N-methyl/N-ethyl adjacent to an activating group) is 1. The Morgan fingerprint density at radius 2 is 2.18 bits per heavy atom. The first-order valence-electron chi connectivity index (χ1n) is 5.66. The van der Waals surface area contributed by atoms with Crippen LogP contribution in [0.4, 0.5) is 0 Å². The van der Waals surface area contributed by atoms with Crippen LogP contribution >= 0.6 is 12.4 Å². The standard InChI is InChI=1S/C12H21N3O.ClH/c1-4-16-12-7-5-6-11(14-12)9-15(3)10(2)8-13;/h5-7,10H,4,8-9,13H2,1-3H3;1H. The zero-order valence-corrected chi connectivity index (χ0v) is 11.5. The molecule has 4 nitrogen and oxygen atoms in total. The fourth-order valence-corrected chi connectivity index (χ4v) is 1.37. The van der Waals surface area contributed by atoms with Gasteiger partial charge in [-0.15, -0.1) is 12.4 Å². The average Bonchev–Trinajstić information content (AvgIpc) is 2.29. The lowest BCUT2D eigenvalue weighted by atomic mass is 10.2. The van der Waals surface area contributed by atoms with Gasteiger partial charge in [0, 0.05) is 25.2 Å². The maximum atomic E-state index is 5.62. The second-order valence-electron chi connectivity index (χ2n) is 3.90. The van der Waals surface area contributed by atoms with Gasteiger partial charge in [0.2, 0.25) is 5.88 Å². The summed E-state index contributed by atoms with van der Waals surface area (Å²) in [6, 6.07) is 6.20. The van der Waals surface area contributed by atoms with Gasteiger partial charge in [-0.1, -0.05) is 6.07 Å². The molecule has 1 heterocycles. The molecule has 1 aromatic rings. The van der Waals surface area contributed by atoms with Crippen molar-refractivity contribution in [2.24, 2.45) is 5.73 Å². The first-order valence-corrected chi connectivity index (χ1v) is 5.66. The lowest BCUT2D eigenvalue weighted by Crippen LogP contribution is -2.34. The number of halogens is 1. The normalized spacial score (nSPS) is 12.1. The maximum absolute atomic E-state index is 5.62. The molecule has 5 heteroatoms. The van der Waals surface area contributed by atoms with E-state index in [0.29, 0.717) is 25.1 Å². The molecule has 98 valence electrons. The van der Waals surface area contributed by atoms with Crippen molar-refractivity contribution in [2.75, 3.05) is 20.2 Å². The summed E-state index contributed by atoms with van der Waals surface area (Å²) in [5.74, 6) is 0.689. The minimum atomic E-state index is 0. The van der Waals surface area contributed by atoms with Crippen LogP contribution in [0.1, 0.15) is 19.5 Å². The molecule has 1 aromatic heterocycles. The van der Waals surface area contributed by atoms with Crippen molar-refractivity contribution in [1.29, 1.82) is 0 Å². The summed E-state index contributed by atoms with van der Waals surface area (Å²) in [4.78, 5) is 6.59. The second kappa shape index (κ2) is 8.28. The summed E-state index contributed by atoms with van der Waals surface area (Å²) in [6.45, 7) is 6.15. The second-order valence-corrected chi connectivity index (χ2v) is 3.90. The Kier molecular flexibility index (Phi) is 7.87. The number of nitrogens with two attached hydrogens (primary N) is 1. The summed E-state index contributed by atoms with van der Waals surface area (Å²) in [6.07, 6.45) is 0. The van der Waals surface area contributed by atoms with Crippen molar-refractivity contribution < 1.29 is 4.74 Å². The Balaban J connectivity index is 0.00000256. The van der Waals surface area contributed by atoms with Crippen LogP contribution < -0.4 is 10.5 Å². The smallest absolute Gasteiger partial charge is 0.213 e. The van der Waals surface area contributed by atoms with Crippen molar-refractivity contribution in [3.8, 4) is 5.88 Å². The first kappa shape index (κ1) is 16.2. The van der Waals surface area contributed by atoms with Gasteiger partial charge in [0.15, 0.2) is 0 Å². The molecule has 0 bridgehead atoms. The van der Waals surface area contributed by atoms with E-state index in [1.165, 1.54) is 0 Å². The van der Waals surface area contributed by atoms with E-state index in [9.17, 15) is 0 Å². The largest absolute Gasteiger partial charge is 0.478 e. The minimum absolute atomic E-state index is 0. The number of rotatable bonds is 6. The Morgan fingerprint density at radius 1 is 1.47 bits per heavy atom. The van der Waals surface area contributed by atoms with Crippen LogP contribution in [-0.4, -0.2) is 36.1 Å². The van der Waals surface area contributed by atoms with Gasteiger partial charge >= 0.3 is 0 Å². The van der Waals surface area contributed by atoms with E-state index in [4.69, 9.17) is 10.5 Å². The summed E-state index contributed by atoms with van der Waals surface area (Å²) in [5.41, 5.74) is 6.63. The lowest BCUT2D eigenvalue weighted by Gasteiger charge is -2.22. The van der Waals surface area contributed by atoms with Crippen molar-refractivity contribution >= 4 is 12.4 Å². The lowest BCUT2D eigenvalue weighted by molar-refractivity contribution is 0.249. The molecule has 1 atom stereocenters. The number of aromatic nitrogens is 1. The fraction of sp³-hybridized carbons (Fsp3) is 0.583. The molecule has 1 unspecified atom stereocenters. The maximum Gasteiger partial charge on any atom is 0.213 e. The van der Waals surface area contributed by atoms with Gasteiger partial charge in [0.25, 0.3) is 0 Å². The third-order valence-electron chi connectivity index (χ3n) is 2.58. The molecule has 0 radical (unpaired) electrons.